The molecule has 0 spiro atoms. The number of hydrogen-bond donors (Lipinski definition) is 1. The lowest BCUT2D eigenvalue weighted by molar-refractivity contribution is -0.119. The summed E-state index contributed by atoms with van der Waals surface area (Å²) in [4.78, 5) is 24.8. The van der Waals surface area contributed by atoms with Gasteiger partial charge in [0.15, 0.2) is 10.3 Å². The third-order valence-corrected chi connectivity index (χ3v) is 3.30. The molecule has 1 fully saturated rings. The van der Waals surface area contributed by atoms with Crippen LogP contribution in [0.25, 0.3) is 0 Å². The Kier molecular flexibility index (Phi) is 4.21. The summed E-state index contributed by atoms with van der Waals surface area (Å²) in [6.45, 7) is 2.46. The molecule has 1 N–H and O–H groups in total. The lowest BCUT2D eigenvalue weighted by Crippen LogP contribution is -2.37. The van der Waals surface area contributed by atoms with Crippen molar-refractivity contribution in [1.29, 1.82) is 0 Å². The normalized spacial score (nSPS) is 18.5. The molecular formula is C11H12Cl2N4O2. The highest BCUT2D eigenvalue weighted by Gasteiger charge is 2.28. The van der Waals surface area contributed by atoms with Gasteiger partial charge in [-0.05, 0) is 12.5 Å². The molecule has 0 aromatic carbocycles. The molecule has 19 heavy (non-hydrogen) atoms. The van der Waals surface area contributed by atoms with Crippen LogP contribution in [0.5, 0.6) is 0 Å². The van der Waals surface area contributed by atoms with Gasteiger partial charge in [-0.3, -0.25) is 9.59 Å². The van der Waals surface area contributed by atoms with Crippen LogP contribution in [0.1, 0.15) is 23.7 Å². The zero-order valence-electron chi connectivity index (χ0n) is 10.2. The highest BCUT2D eigenvalue weighted by molar-refractivity contribution is 6.34. The summed E-state index contributed by atoms with van der Waals surface area (Å²) >= 11 is 11.5. The summed E-state index contributed by atoms with van der Waals surface area (Å²) in [6, 6.07) is 1.37. The smallest absolute Gasteiger partial charge is 0.257 e. The topological polar surface area (TPSA) is 75.2 Å². The maximum Gasteiger partial charge on any atom is 0.257 e. The monoisotopic (exact) mass is 302 g/mol. The Balaban J connectivity index is 2.09. The zero-order valence-corrected chi connectivity index (χ0v) is 11.7. The van der Waals surface area contributed by atoms with Crippen LogP contribution >= 0.6 is 23.2 Å². The van der Waals surface area contributed by atoms with E-state index in [9.17, 15) is 9.59 Å². The van der Waals surface area contributed by atoms with Gasteiger partial charge in [0.05, 0.1) is 5.56 Å². The quantitative estimate of drug-likeness (QED) is 0.889. The summed E-state index contributed by atoms with van der Waals surface area (Å²) in [5.41, 5.74) is 0.227. The number of nitrogens with zero attached hydrogens (tertiary/aromatic N) is 3. The average molecular weight is 303 g/mol. The fraction of sp³-hybridized carbons (Fsp3) is 0.455. The number of carbonyl (C=O) groups excluding carboxylic acids is 2. The van der Waals surface area contributed by atoms with Crippen molar-refractivity contribution in [2.75, 3.05) is 13.1 Å². The predicted octanol–water partition coefficient (Wildman–Crippen LogP) is 1.13. The van der Waals surface area contributed by atoms with Crippen molar-refractivity contribution >= 4 is 35.0 Å². The van der Waals surface area contributed by atoms with Gasteiger partial charge >= 0.3 is 0 Å². The molecule has 2 heterocycles. The molecule has 1 atom stereocenters. The standard InChI is InChI=1S/C11H12Cl2N4O2/c1-6(18)14-7-2-3-17(5-7)11(19)8-4-9(12)15-16-10(8)13/h4,7H,2-3,5H2,1H3,(H,14,18). The summed E-state index contributed by atoms with van der Waals surface area (Å²) in [6.07, 6.45) is 0.717. The zero-order chi connectivity index (χ0) is 14.0. The molecule has 102 valence electrons. The minimum atomic E-state index is -0.255. The minimum Gasteiger partial charge on any atom is -0.352 e. The van der Waals surface area contributed by atoms with E-state index in [0.717, 1.165) is 6.42 Å². The number of carbonyl (C=O) groups is 2. The molecule has 2 rings (SSSR count). The summed E-state index contributed by atoms with van der Waals surface area (Å²) in [5, 5.41) is 10.1. The molecule has 0 saturated carbocycles. The highest BCUT2D eigenvalue weighted by atomic mass is 35.5. The second kappa shape index (κ2) is 5.71. The Morgan fingerprint density at radius 3 is 2.84 bits per heavy atom. The van der Waals surface area contributed by atoms with Gasteiger partial charge < -0.3 is 10.2 Å². The first-order valence-corrected chi connectivity index (χ1v) is 6.48. The summed E-state index contributed by atoms with van der Waals surface area (Å²) in [7, 11) is 0. The predicted molar refractivity (Wildman–Crippen MR) is 70.2 cm³/mol. The molecule has 1 unspecified atom stereocenters. The van der Waals surface area contributed by atoms with Gasteiger partial charge in [-0.1, -0.05) is 23.2 Å². The number of likely N-dealkylation sites (tertiary alicyclic amines) is 1. The minimum absolute atomic E-state index is 0.0227. The molecule has 1 aliphatic heterocycles. The fourth-order valence-electron chi connectivity index (χ4n) is 2.02. The number of aromatic nitrogens is 2. The SMILES string of the molecule is CC(=O)NC1CCN(C(=O)c2cc(Cl)nnc2Cl)C1. The summed E-state index contributed by atoms with van der Waals surface area (Å²) in [5.74, 6) is -0.361. The number of amides is 2. The molecule has 2 amide bonds. The number of halogens is 2. The Bertz CT molecular complexity index is 523. The first-order valence-electron chi connectivity index (χ1n) is 5.72. The molecule has 0 radical (unpaired) electrons. The van der Waals surface area contributed by atoms with E-state index in [2.05, 4.69) is 15.5 Å². The van der Waals surface area contributed by atoms with Crippen LogP contribution in [0.3, 0.4) is 0 Å². The lowest BCUT2D eigenvalue weighted by Gasteiger charge is -2.17. The van der Waals surface area contributed by atoms with Crippen molar-refractivity contribution in [3.8, 4) is 0 Å². The van der Waals surface area contributed by atoms with Gasteiger partial charge in [-0.2, -0.15) is 0 Å². The van der Waals surface area contributed by atoms with E-state index in [0.29, 0.717) is 13.1 Å². The van der Waals surface area contributed by atoms with E-state index in [-0.39, 0.29) is 33.7 Å². The maximum atomic E-state index is 12.3. The van der Waals surface area contributed by atoms with Gasteiger partial charge in [0.25, 0.3) is 5.91 Å². The van der Waals surface area contributed by atoms with E-state index in [1.165, 1.54) is 13.0 Å². The van der Waals surface area contributed by atoms with Crippen molar-refractivity contribution in [2.45, 2.75) is 19.4 Å². The molecule has 1 saturated heterocycles. The Morgan fingerprint density at radius 1 is 1.42 bits per heavy atom. The number of nitrogens with one attached hydrogen (secondary N) is 1. The lowest BCUT2D eigenvalue weighted by atomic mass is 10.2. The van der Waals surface area contributed by atoms with Crippen LogP contribution in [0.4, 0.5) is 0 Å². The third kappa shape index (κ3) is 3.33. The van der Waals surface area contributed by atoms with Crippen molar-refractivity contribution in [1.82, 2.24) is 20.4 Å². The number of hydrogen-bond acceptors (Lipinski definition) is 4. The van der Waals surface area contributed by atoms with E-state index >= 15 is 0 Å². The van der Waals surface area contributed by atoms with Crippen LogP contribution in [0, 0.1) is 0 Å². The Morgan fingerprint density at radius 2 is 2.16 bits per heavy atom. The van der Waals surface area contributed by atoms with Crippen molar-refractivity contribution in [3.63, 3.8) is 0 Å². The molecule has 0 bridgehead atoms. The van der Waals surface area contributed by atoms with E-state index in [1.54, 1.807) is 4.90 Å². The Labute approximate surface area is 120 Å². The van der Waals surface area contributed by atoms with Crippen molar-refractivity contribution in [3.05, 3.63) is 21.9 Å². The van der Waals surface area contributed by atoms with E-state index < -0.39 is 0 Å². The molecular weight excluding hydrogens is 291 g/mol. The maximum absolute atomic E-state index is 12.3. The highest BCUT2D eigenvalue weighted by Crippen LogP contribution is 2.20. The largest absolute Gasteiger partial charge is 0.352 e. The number of rotatable bonds is 2. The van der Waals surface area contributed by atoms with Crippen LogP contribution < -0.4 is 5.32 Å². The van der Waals surface area contributed by atoms with Crippen LogP contribution in [0.2, 0.25) is 10.3 Å². The van der Waals surface area contributed by atoms with Crippen LogP contribution in [0.15, 0.2) is 6.07 Å². The van der Waals surface area contributed by atoms with Gasteiger partial charge in [0.2, 0.25) is 5.91 Å². The fourth-order valence-corrected chi connectivity index (χ4v) is 2.34. The average Bonchev–Trinajstić information content (AvgIpc) is 2.79. The molecule has 1 aromatic heterocycles. The first-order chi connectivity index (χ1) is 8.97. The molecule has 8 heteroatoms. The molecule has 0 aliphatic carbocycles. The van der Waals surface area contributed by atoms with E-state index in [1.807, 2.05) is 0 Å². The van der Waals surface area contributed by atoms with Crippen LogP contribution in [-0.4, -0.2) is 46.0 Å². The van der Waals surface area contributed by atoms with Gasteiger partial charge in [0.1, 0.15) is 0 Å². The van der Waals surface area contributed by atoms with Gasteiger partial charge in [0, 0.05) is 26.1 Å². The third-order valence-electron chi connectivity index (χ3n) is 2.83. The molecule has 6 nitrogen and oxygen atoms in total. The van der Waals surface area contributed by atoms with Crippen LogP contribution in [-0.2, 0) is 4.79 Å². The van der Waals surface area contributed by atoms with Gasteiger partial charge in [-0.15, -0.1) is 10.2 Å². The second-order valence-electron chi connectivity index (χ2n) is 4.31. The Hall–Kier alpha value is -1.40. The molecule has 1 aromatic rings. The summed E-state index contributed by atoms with van der Waals surface area (Å²) < 4.78 is 0. The van der Waals surface area contributed by atoms with Crippen molar-refractivity contribution < 1.29 is 9.59 Å². The first kappa shape index (κ1) is 14.0. The second-order valence-corrected chi connectivity index (χ2v) is 5.05. The van der Waals surface area contributed by atoms with Crippen molar-refractivity contribution in [2.24, 2.45) is 0 Å². The van der Waals surface area contributed by atoms with E-state index in [4.69, 9.17) is 23.2 Å². The van der Waals surface area contributed by atoms with Gasteiger partial charge in [-0.25, -0.2) is 0 Å². The molecule has 1 aliphatic rings.